The predicted molar refractivity (Wildman–Crippen MR) is 108 cm³/mol. The number of fused-ring (bicyclic) bond motifs is 1. The summed E-state index contributed by atoms with van der Waals surface area (Å²) < 4.78 is 0. The Balaban J connectivity index is 1.66. The Morgan fingerprint density at radius 3 is 2.72 bits per heavy atom. The number of rotatable bonds is 4. The Kier molecular flexibility index (Phi) is 4.61. The number of anilines is 1. The van der Waals surface area contributed by atoms with Gasteiger partial charge in [-0.05, 0) is 28.8 Å². The molecular weight excluding hydrogens is 326 g/mol. The first-order valence-corrected chi connectivity index (χ1v) is 9.58. The first-order chi connectivity index (χ1) is 12.3. The van der Waals surface area contributed by atoms with Crippen LogP contribution in [0, 0.1) is 0 Å². The number of nitrogens with one attached hydrogen (secondary N) is 1. The van der Waals surface area contributed by atoms with Crippen LogP contribution in [0.25, 0.3) is 10.8 Å². The Morgan fingerprint density at radius 2 is 1.84 bits per heavy atom. The van der Waals surface area contributed by atoms with E-state index in [2.05, 4.69) is 58.8 Å². The second-order valence-corrected chi connectivity index (χ2v) is 7.15. The van der Waals surface area contributed by atoms with Crippen molar-refractivity contribution in [1.29, 1.82) is 0 Å². The molecule has 3 aromatic rings. The second-order valence-electron chi connectivity index (χ2n) is 6.16. The third kappa shape index (κ3) is 3.35. The van der Waals surface area contributed by atoms with Gasteiger partial charge < -0.3 is 11.1 Å². The molecule has 1 heterocycles. The van der Waals surface area contributed by atoms with Crippen LogP contribution in [0.5, 0.6) is 0 Å². The fourth-order valence-electron chi connectivity index (χ4n) is 3.18. The van der Waals surface area contributed by atoms with Crippen molar-refractivity contribution in [3.05, 3.63) is 71.8 Å². The molecule has 3 N–H and O–H groups in total. The first-order valence-electron chi connectivity index (χ1n) is 8.59. The van der Waals surface area contributed by atoms with E-state index in [0.717, 1.165) is 47.2 Å². The average Bonchev–Trinajstić information content (AvgIpc) is 2.67. The minimum absolute atomic E-state index is 0.817. The fraction of sp³-hybridized carbons (Fsp3) is 0.190. The van der Waals surface area contributed by atoms with Crippen molar-refractivity contribution in [2.24, 2.45) is 4.99 Å². The van der Waals surface area contributed by atoms with E-state index in [1.807, 2.05) is 12.1 Å². The van der Waals surface area contributed by atoms with Gasteiger partial charge >= 0.3 is 0 Å². The average molecular weight is 347 g/mol. The molecular formula is C21H21N3S. The molecule has 3 nitrogen and oxygen atoms in total. The monoisotopic (exact) mass is 347 g/mol. The van der Waals surface area contributed by atoms with Crippen LogP contribution >= 0.6 is 11.8 Å². The molecule has 4 heteroatoms. The van der Waals surface area contributed by atoms with E-state index < -0.39 is 0 Å². The largest absolute Gasteiger partial charge is 0.398 e. The highest BCUT2D eigenvalue weighted by Gasteiger charge is 2.15. The molecule has 126 valence electrons. The summed E-state index contributed by atoms with van der Waals surface area (Å²) in [6.07, 6.45) is 1.09. The van der Waals surface area contributed by atoms with Crippen LogP contribution in [0.15, 0.2) is 70.6 Å². The highest BCUT2D eigenvalue weighted by Crippen LogP contribution is 2.33. The van der Waals surface area contributed by atoms with Crippen molar-refractivity contribution >= 4 is 34.1 Å². The zero-order chi connectivity index (χ0) is 17.1. The summed E-state index contributed by atoms with van der Waals surface area (Å²) in [5.74, 6) is 1.86. The number of benzene rings is 3. The Labute approximate surface area is 152 Å². The number of hydrogen-bond donors (Lipinski definition) is 2. The van der Waals surface area contributed by atoms with E-state index in [-0.39, 0.29) is 0 Å². The van der Waals surface area contributed by atoms with Crippen LogP contribution in [0.3, 0.4) is 0 Å². The number of nitrogens with zero attached hydrogens (tertiary/aromatic N) is 1. The lowest BCUT2D eigenvalue weighted by atomic mass is 10.1. The van der Waals surface area contributed by atoms with E-state index in [1.165, 1.54) is 16.3 Å². The van der Waals surface area contributed by atoms with Crippen molar-refractivity contribution < 1.29 is 0 Å². The van der Waals surface area contributed by atoms with Crippen LogP contribution < -0.4 is 11.1 Å². The van der Waals surface area contributed by atoms with Crippen LogP contribution in [0.1, 0.15) is 17.5 Å². The summed E-state index contributed by atoms with van der Waals surface area (Å²) in [7, 11) is 0. The number of nitrogen functional groups attached to an aromatic ring is 1. The van der Waals surface area contributed by atoms with Crippen LogP contribution in [-0.4, -0.2) is 18.9 Å². The molecule has 0 unspecified atom stereocenters. The summed E-state index contributed by atoms with van der Waals surface area (Å²) in [6.45, 7) is 1.85. The maximum Gasteiger partial charge on any atom is 0.129 e. The molecule has 0 spiro atoms. The molecule has 0 saturated heterocycles. The summed E-state index contributed by atoms with van der Waals surface area (Å²) in [4.78, 5) is 5.76. The van der Waals surface area contributed by atoms with Gasteiger partial charge in [-0.1, -0.05) is 54.6 Å². The maximum atomic E-state index is 6.30. The lowest BCUT2D eigenvalue weighted by Gasteiger charge is -2.18. The number of nitrogens with two attached hydrogens (primary N) is 1. The topological polar surface area (TPSA) is 50.4 Å². The predicted octanol–water partition coefficient (Wildman–Crippen LogP) is 4.45. The summed E-state index contributed by atoms with van der Waals surface area (Å²) >= 11 is 1.79. The van der Waals surface area contributed by atoms with Gasteiger partial charge in [-0.25, -0.2) is 0 Å². The molecule has 4 rings (SSSR count). The normalized spacial score (nSPS) is 14.2. The number of thioether (sulfide) groups is 1. The number of aliphatic imine (C=N–C) groups is 1. The summed E-state index contributed by atoms with van der Waals surface area (Å²) in [5, 5.41) is 6.00. The molecule has 0 fully saturated rings. The molecule has 0 amide bonds. The van der Waals surface area contributed by atoms with Crippen molar-refractivity contribution in [2.45, 2.75) is 17.1 Å². The highest BCUT2D eigenvalue weighted by atomic mass is 32.2. The summed E-state index contributed by atoms with van der Waals surface area (Å²) in [5.41, 5.74) is 9.56. The van der Waals surface area contributed by atoms with Gasteiger partial charge in [0.25, 0.3) is 0 Å². The third-order valence-corrected chi connectivity index (χ3v) is 5.65. The Morgan fingerprint density at radius 1 is 1.00 bits per heavy atom. The molecule has 0 bridgehead atoms. The quantitative estimate of drug-likeness (QED) is 0.541. The Hall–Kier alpha value is -2.46. The molecule has 0 radical (unpaired) electrons. The highest BCUT2D eigenvalue weighted by molar-refractivity contribution is 7.98. The van der Waals surface area contributed by atoms with Gasteiger partial charge in [0.05, 0.1) is 0 Å². The minimum Gasteiger partial charge on any atom is -0.398 e. The lowest BCUT2D eigenvalue weighted by molar-refractivity contribution is 0.741. The minimum atomic E-state index is 0.817. The zero-order valence-electron chi connectivity index (χ0n) is 14.0. The molecule has 1 aliphatic rings. The molecule has 0 aliphatic carbocycles. The first kappa shape index (κ1) is 16.0. The van der Waals surface area contributed by atoms with E-state index in [9.17, 15) is 0 Å². The van der Waals surface area contributed by atoms with Crippen LogP contribution in [0.2, 0.25) is 0 Å². The molecule has 1 aliphatic heterocycles. The maximum absolute atomic E-state index is 6.30. The van der Waals surface area contributed by atoms with Crippen molar-refractivity contribution in [1.82, 2.24) is 5.32 Å². The van der Waals surface area contributed by atoms with Crippen molar-refractivity contribution in [3.63, 3.8) is 0 Å². The van der Waals surface area contributed by atoms with E-state index in [4.69, 9.17) is 5.73 Å². The molecule has 0 atom stereocenters. The molecule has 0 saturated carbocycles. The van der Waals surface area contributed by atoms with Crippen molar-refractivity contribution in [3.8, 4) is 0 Å². The zero-order valence-corrected chi connectivity index (χ0v) is 14.9. The van der Waals surface area contributed by atoms with Gasteiger partial charge in [-0.3, -0.25) is 4.99 Å². The van der Waals surface area contributed by atoms with Crippen LogP contribution in [0.4, 0.5) is 5.69 Å². The standard InChI is InChI=1S/C21H21N3S/c22-19-11-4-10-18(21-23-12-5-13-24-21)20(19)25-14-16-8-3-7-15-6-1-2-9-17(15)16/h1-4,6-11H,5,12-14,22H2,(H,23,24). The number of amidine groups is 1. The fourth-order valence-corrected chi connectivity index (χ4v) is 4.29. The number of hydrogen-bond acceptors (Lipinski definition) is 4. The van der Waals surface area contributed by atoms with Gasteiger partial charge in [0.2, 0.25) is 0 Å². The van der Waals surface area contributed by atoms with Gasteiger partial charge in [0, 0.05) is 35.0 Å². The van der Waals surface area contributed by atoms with Gasteiger partial charge in [-0.15, -0.1) is 11.8 Å². The smallest absolute Gasteiger partial charge is 0.129 e. The second kappa shape index (κ2) is 7.19. The van der Waals surface area contributed by atoms with Gasteiger partial charge in [-0.2, -0.15) is 0 Å². The van der Waals surface area contributed by atoms with Gasteiger partial charge in [0.15, 0.2) is 0 Å². The summed E-state index contributed by atoms with van der Waals surface area (Å²) in [6, 6.07) is 21.1. The molecule has 0 aromatic heterocycles. The Bertz CT molecular complexity index is 928. The van der Waals surface area contributed by atoms with Crippen LogP contribution in [-0.2, 0) is 5.75 Å². The van der Waals surface area contributed by atoms with E-state index in [1.54, 1.807) is 11.8 Å². The van der Waals surface area contributed by atoms with Crippen molar-refractivity contribution in [2.75, 3.05) is 18.8 Å². The molecule has 3 aromatic carbocycles. The SMILES string of the molecule is Nc1cccc(C2=NCCCN2)c1SCc1cccc2ccccc12. The van der Waals surface area contributed by atoms with Gasteiger partial charge in [0.1, 0.15) is 5.84 Å². The third-order valence-electron chi connectivity index (χ3n) is 4.45. The molecule has 25 heavy (non-hydrogen) atoms. The van der Waals surface area contributed by atoms with E-state index in [0.29, 0.717) is 0 Å². The van der Waals surface area contributed by atoms with E-state index >= 15 is 0 Å². The lowest BCUT2D eigenvalue weighted by Crippen LogP contribution is -2.30.